The smallest absolute Gasteiger partial charge is 0.748 e. The molecular formula is C35H41ClN3NaO8S. The van der Waals surface area contributed by atoms with Crippen molar-refractivity contribution in [1.29, 1.82) is 0 Å². The molecule has 0 bridgehead atoms. The SMILES string of the molecule is CN(CCS(=O)(=O)[O-])C(=O)CCCCCCC(=O)OCC#Cc1ccc2c(c1)c(=O)c(C(=O)NCc1ccc(Cl)cc1)cn2C(C)(C)C.[Na+]. The number of unbranched alkanes of at least 4 members (excludes halogenated alkanes) is 3. The number of hydrogen-bond acceptors (Lipinski definition) is 8. The van der Waals surface area contributed by atoms with Gasteiger partial charge in [0.15, 0.2) is 6.61 Å². The molecule has 0 aliphatic rings. The minimum Gasteiger partial charge on any atom is -0.748 e. The fourth-order valence-electron chi connectivity index (χ4n) is 4.79. The maximum atomic E-state index is 13.5. The Bertz CT molecular complexity index is 1860. The second kappa shape index (κ2) is 19.3. The summed E-state index contributed by atoms with van der Waals surface area (Å²) in [6, 6.07) is 12.3. The van der Waals surface area contributed by atoms with Crippen LogP contribution in [0.1, 0.15) is 80.8 Å². The molecule has 0 spiro atoms. The molecule has 14 heteroatoms. The van der Waals surface area contributed by atoms with Gasteiger partial charge in [-0.2, -0.15) is 0 Å². The number of amides is 2. The zero-order valence-corrected chi connectivity index (χ0v) is 32.2. The van der Waals surface area contributed by atoms with Crippen LogP contribution in [0, 0.1) is 11.8 Å². The number of benzene rings is 2. The topological polar surface area (TPSA) is 155 Å². The largest absolute Gasteiger partial charge is 1.00 e. The first-order chi connectivity index (χ1) is 22.5. The Morgan fingerprint density at radius 2 is 1.67 bits per heavy atom. The molecule has 258 valence electrons. The number of carbonyl (C=O) groups is 3. The van der Waals surface area contributed by atoms with Crippen LogP contribution in [0.5, 0.6) is 0 Å². The van der Waals surface area contributed by atoms with E-state index in [-0.39, 0.29) is 73.6 Å². The van der Waals surface area contributed by atoms with Crippen LogP contribution >= 0.6 is 11.6 Å². The molecule has 0 unspecified atom stereocenters. The summed E-state index contributed by atoms with van der Waals surface area (Å²) in [7, 11) is -2.91. The number of pyridine rings is 1. The van der Waals surface area contributed by atoms with Crippen molar-refractivity contribution in [2.45, 2.75) is 71.4 Å². The molecule has 0 radical (unpaired) electrons. The molecule has 0 saturated heterocycles. The molecule has 2 amide bonds. The van der Waals surface area contributed by atoms with Gasteiger partial charge in [0.2, 0.25) is 11.3 Å². The van der Waals surface area contributed by atoms with E-state index in [1.165, 1.54) is 11.9 Å². The third kappa shape index (κ3) is 13.9. The van der Waals surface area contributed by atoms with E-state index in [0.717, 1.165) is 5.56 Å². The fraction of sp³-hybridized carbons (Fsp3) is 0.429. The van der Waals surface area contributed by atoms with E-state index in [0.29, 0.717) is 47.2 Å². The number of rotatable bonds is 14. The first-order valence-corrected chi connectivity index (χ1v) is 17.6. The average Bonchev–Trinajstić information content (AvgIpc) is 3.02. The number of hydrogen-bond donors (Lipinski definition) is 1. The minimum absolute atomic E-state index is 0. The van der Waals surface area contributed by atoms with Gasteiger partial charge in [-0.25, -0.2) is 8.42 Å². The van der Waals surface area contributed by atoms with Crippen LogP contribution in [0.3, 0.4) is 0 Å². The summed E-state index contributed by atoms with van der Waals surface area (Å²) in [6.45, 7) is 5.90. The summed E-state index contributed by atoms with van der Waals surface area (Å²) in [6.07, 6.45) is 4.57. The van der Waals surface area contributed by atoms with Crippen molar-refractivity contribution >= 4 is 50.4 Å². The third-order valence-corrected chi connectivity index (χ3v) is 8.43. The molecule has 3 rings (SSSR count). The van der Waals surface area contributed by atoms with Gasteiger partial charge in [0.1, 0.15) is 5.56 Å². The van der Waals surface area contributed by atoms with Gasteiger partial charge in [-0.1, -0.05) is 48.4 Å². The summed E-state index contributed by atoms with van der Waals surface area (Å²) in [4.78, 5) is 52.0. The number of ether oxygens (including phenoxy) is 1. The number of nitrogens with one attached hydrogen (secondary N) is 1. The van der Waals surface area contributed by atoms with Crippen LogP contribution < -0.4 is 40.3 Å². The molecule has 0 saturated carbocycles. The number of aromatic nitrogens is 1. The van der Waals surface area contributed by atoms with E-state index in [1.807, 2.05) is 25.3 Å². The van der Waals surface area contributed by atoms with E-state index in [4.69, 9.17) is 16.3 Å². The van der Waals surface area contributed by atoms with Crippen molar-refractivity contribution in [2.75, 3.05) is 26.0 Å². The Kier molecular flexibility index (Phi) is 16.5. The van der Waals surface area contributed by atoms with E-state index in [1.54, 1.807) is 48.7 Å². The Morgan fingerprint density at radius 3 is 2.31 bits per heavy atom. The van der Waals surface area contributed by atoms with Crippen molar-refractivity contribution in [2.24, 2.45) is 0 Å². The minimum atomic E-state index is -4.37. The molecule has 49 heavy (non-hydrogen) atoms. The normalized spacial score (nSPS) is 11.2. The zero-order valence-electron chi connectivity index (χ0n) is 28.6. The predicted molar refractivity (Wildman–Crippen MR) is 184 cm³/mol. The molecule has 3 aromatic rings. The summed E-state index contributed by atoms with van der Waals surface area (Å²) < 4.78 is 39.2. The van der Waals surface area contributed by atoms with E-state index >= 15 is 0 Å². The maximum absolute atomic E-state index is 13.5. The second-order valence-electron chi connectivity index (χ2n) is 12.4. The summed E-state index contributed by atoms with van der Waals surface area (Å²) in [5.41, 5.74) is 1.19. The number of fused-ring (bicyclic) bond motifs is 1. The van der Waals surface area contributed by atoms with Crippen molar-refractivity contribution in [3.63, 3.8) is 0 Å². The van der Waals surface area contributed by atoms with Crippen LogP contribution in [0.2, 0.25) is 5.02 Å². The number of nitrogens with zero attached hydrogens (tertiary/aromatic N) is 2. The average molecular weight is 722 g/mol. The van der Waals surface area contributed by atoms with Gasteiger partial charge in [0, 0.05) is 60.7 Å². The molecule has 1 N–H and O–H groups in total. The standard InChI is InChI=1S/C35H42ClN3O8S.Na/c1-35(2,3)39-24-29(34(43)37-23-26-13-16-27(36)17-14-26)33(42)28-22-25(15-18-30(28)39)10-9-20-47-32(41)12-8-6-5-7-11-31(40)38(4)19-21-48(44,45)46;/h13-18,22,24H,5-8,11-12,19-21,23H2,1-4H3,(H,37,43)(H,44,45,46);/q;+1/p-1. The van der Waals surface area contributed by atoms with Crippen LogP contribution in [0.4, 0.5) is 0 Å². The molecular weight excluding hydrogens is 681 g/mol. The molecule has 1 heterocycles. The number of esters is 1. The van der Waals surface area contributed by atoms with Gasteiger partial charge in [-0.3, -0.25) is 19.2 Å². The fourth-order valence-corrected chi connectivity index (χ4v) is 5.42. The Labute approximate surface area is 314 Å². The van der Waals surface area contributed by atoms with Crippen molar-refractivity contribution in [1.82, 2.24) is 14.8 Å². The van der Waals surface area contributed by atoms with Gasteiger partial charge in [0.05, 0.1) is 21.4 Å². The molecule has 0 atom stereocenters. The molecule has 11 nitrogen and oxygen atoms in total. The van der Waals surface area contributed by atoms with E-state index < -0.39 is 38.7 Å². The van der Waals surface area contributed by atoms with Crippen molar-refractivity contribution in [3.05, 3.63) is 80.6 Å². The first-order valence-electron chi connectivity index (χ1n) is 15.6. The Morgan fingerprint density at radius 1 is 1.02 bits per heavy atom. The number of carbonyl (C=O) groups excluding carboxylic acids is 3. The van der Waals surface area contributed by atoms with Crippen molar-refractivity contribution in [3.8, 4) is 11.8 Å². The molecule has 0 fully saturated rings. The zero-order chi connectivity index (χ0) is 35.5. The number of halogens is 1. The Balaban J connectivity index is 0.00000833. The van der Waals surface area contributed by atoms with Gasteiger partial charge in [-0.05, 0) is 69.5 Å². The summed E-state index contributed by atoms with van der Waals surface area (Å²) in [5, 5.41) is 3.75. The van der Waals surface area contributed by atoms with Crippen LogP contribution in [0.15, 0.2) is 53.5 Å². The molecule has 1 aromatic heterocycles. The van der Waals surface area contributed by atoms with Gasteiger partial charge in [0.25, 0.3) is 5.91 Å². The Hall–Kier alpha value is -3.18. The van der Waals surface area contributed by atoms with E-state index in [2.05, 4.69) is 17.2 Å². The first kappa shape index (κ1) is 42.0. The summed E-state index contributed by atoms with van der Waals surface area (Å²) >= 11 is 5.95. The van der Waals surface area contributed by atoms with Gasteiger partial charge >= 0.3 is 35.5 Å². The van der Waals surface area contributed by atoms with Gasteiger partial charge < -0.3 is 24.1 Å². The maximum Gasteiger partial charge on any atom is 1.00 e. The second-order valence-corrected chi connectivity index (χ2v) is 14.4. The van der Waals surface area contributed by atoms with Crippen LogP contribution in [0.25, 0.3) is 10.9 Å². The quantitative estimate of drug-likeness (QED) is 0.0866. The summed E-state index contributed by atoms with van der Waals surface area (Å²) in [5.74, 6) is 3.98. The third-order valence-electron chi connectivity index (χ3n) is 7.50. The molecule has 0 aliphatic heterocycles. The van der Waals surface area contributed by atoms with Crippen LogP contribution in [-0.2, 0) is 36.5 Å². The predicted octanol–water partition coefficient (Wildman–Crippen LogP) is 1.58. The van der Waals surface area contributed by atoms with E-state index in [9.17, 15) is 32.1 Å². The van der Waals surface area contributed by atoms with Crippen LogP contribution in [-0.4, -0.2) is 66.2 Å². The van der Waals surface area contributed by atoms with Gasteiger partial charge in [-0.15, -0.1) is 0 Å². The monoisotopic (exact) mass is 721 g/mol. The molecule has 0 aliphatic carbocycles. The van der Waals surface area contributed by atoms with Crippen molar-refractivity contribution < 1.29 is 61.6 Å². The molecule has 2 aromatic carbocycles.